The second kappa shape index (κ2) is 7.75. The molecule has 2 aromatic rings. The predicted molar refractivity (Wildman–Crippen MR) is 111 cm³/mol. The van der Waals surface area contributed by atoms with Crippen molar-refractivity contribution >= 4 is 17.3 Å². The molecule has 6 nitrogen and oxygen atoms in total. The van der Waals surface area contributed by atoms with Crippen LogP contribution in [0.3, 0.4) is 0 Å². The number of aliphatic hydroxyl groups excluding tert-OH is 1. The van der Waals surface area contributed by atoms with E-state index in [0.717, 1.165) is 55.8 Å². The molecule has 7 heteroatoms. The van der Waals surface area contributed by atoms with Gasteiger partial charge in [-0.25, -0.2) is 4.98 Å². The van der Waals surface area contributed by atoms with Crippen molar-refractivity contribution in [2.24, 2.45) is 5.41 Å². The quantitative estimate of drug-likeness (QED) is 0.634. The Hall–Kier alpha value is -2.07. The van der Waals surface area contributed by atoms with Gasteiger partial charge < -0.3 is 14.9 Å². The average molecular weight is 400 g/mol. The summed E-state index contributed by atoms with van der Waals surface area (Å²) in [6, 6.07) is 2.34. The van der Waals surface area contributed by atoms with Crippen LogP contribution >= 0.6 is 11.6 Å². The molecule has 0 amide bonds. The molecule has 4 heterocycles. The van der Waals surface area contributed by atoms with Gasteiger partial charge in [-0.3, -0.25) is 4.68 Å². The van der Waals surface area contributed by atoms with Crippen LogP contribution in [0.5, 0.6) is 0 Å². The lowest BCUT2D eigenvalue weighted by atomic mass is 9.81. The highest BCUT2D eigenvalue weighted by Gasteiger charge is 2.30. The molecule has 2 aliphatic rings. The van der Waals surface area contributed by atoms with Gasteiger partial charge >= 0.3 is 0 Å². The Labute approximate surface area is 171 Å². The topological polar surface area (TPSA) is 57.4 Å². The van der Waals surface area contributed by atoms with Gasteiger partial charge in [0.1, 0.15) is 5.15 Å². The van der Waals surface area contributed by atoms with Gasteiger partial charge in [-0.15, -0.1) is 0 Å². The zero-order valence-electron chi connectivity index (χ0n) is 16.4. The van der Waals surface area contributed by atoms with E-state index in [0.29, 0.717) is 11.2 Å². The Morgan fingerprint density at radius 1 is 1.25 bits per heavy atom. The molecule has 0 unspecified atom stereocenters. The molecule has 0 aliphatic carbocycles. The molecule has 0 radical (unpaired) electrons. The van der Waals surface area contributed by atoms with Gasteiger partial charge in [0.05, 0.1) is 29.1 Å². The molecule has 0 saturated carbocycles. The predicted octanol–water partition coefficient (Wildman–Crippen LogP) is 2.42. The van der Waals surface area contributed by atoms with E-state index >= 15 is 0 Å². The summed E-state index contributed by atoms with van der Waals surface area (Å²) in [6.07, 6.45) is 7.47. The lowest BCUT2D eigenvalue weighted by molar-refractivity contribution is 0.115. The molecule has 28 heavy (non-hydrogen) atoms. The van der Waals surface area contributed by atoms with E-state index in [1.807, 2.05) is 23.1 Å². The molecule has 1 N–H and O–H groups in total. The van der Waals surface area contributed by atoms with Crippen LogP contribution in [-0.4, -0.2) is 64.6 Å². The van der Waals surface area contributed by atoms with E-state index in [2.05, 4.69) is 45.7 Å². The third-order valence-electron chi connectivity index (χ3n) is 5.90. The first-order valence-electron chi connectivity index (χ1n) is 9.72. The van der Waals surface area contributed by atoms with Crippen molar-refractivity contribution in [2.45, 2.75) is 25.8 Å². The van der Waals surface area contributed by atoms with Crippen molar-refractivity contribution in [3.8, 4) is 11.8 Å². The normalized spacial score (nSPS) is 19.8. The Balaban J connectivity index is 1.53. The molecular formula is C21H26ClN5O. The Kier molecular flexibility index (Phi) is 5.33. The second-order valence-corrected chi connectivity index (χ2v) is 8.70. The highest BCUT2D eigenvalue weighted by molar-refractivity contribution is 6.29. The zero-order chi connectivity index (χ0) is 19.7. The summed E-state index contributed by atoms with van der Waals surface area (Å²) in [5, 5.41) is 14.5. The smallest absolute Gasteiger partial charge is 0.131 e. The number of aliphatic hydroxyl groups is 1. The van der Waals surface area contributed by atoms with Crippen molar-refractivity contribution in [3.05, 3.63) is 40.9 Å². The van der Waals surface area contributed by atoms with Gasteiger partial charge in [0.2, 0.25) is 0 Å². The number of halogens is 1. The zero-order valence-corrected chi connectivity index (χ0v) is 17.2. The fourth-order valence-corrected chi connectivity index (χ4v) is 3.95. The standard InChI is InChI=1S/C21H26ClN5O/c1-21(15-28)5-7-26(8-6-21)19-9-20(22)23-11-17(19)4-3-16-10-24-27(12-16)18-13-25(2)14-18/h9-12,18,28H,5-8,13-15H2,1-2H3. The minimum absolute atomic E-state index is 0.00332. The van der Waals surface area contributed by atoms with Crippen LogP contribution in [0.4, 0.5) is 5.69 Å². The summed E-state index contributed by atoms with van der Waals surface area (Å²) in [5.74, 6) is 6.49. The van der Waals surface area contributed by atoms with Crippen LogP contribution in [0.15, 0.2) is 24.7 Å². The van der Waals surface area contributed by atoms with Crippen molar-refractivity contribution < 1.29 is 5.11 Å². The maximum Gasteiger partial charge on any atom is 0.131 e. The monoisotopic (exact) mass is 399 g/mol. The van der Waals surface area contributed by atoms with Crippen LogP contribution in [0.2, 0.25) is 5.15 Å². The van der Waals surface area contributed by atoms with E-state index < -0.39 is 0 Å². The van der Waals surface area contributed by atoms with Gasteiger partial charge in [0.25, 0.3) is 0 Å². The van der Waals surface area contributed by atoms with Gasteiger partial charge in [-0.1, -0.05) is 30.4 Å². The number of aromatic nitrogens is 3. The van der Waals surface area contributed by atoms with Gasteiger partial charge in [-0.2, -0.15) is 5.10 Å². The maximum atomic E-state index is 9.61. The van der Waals surface area contributed by atoms with E-state index in [9.17, 15) is 5.11 Å². The van der Waals surface area contributed by atoms with Crippen LogP contribution in [-0.2, 0) is 0 Å². The summed E-state index contributed by atoms with van der Waals surface area (Å²) in [5.41, 5.74) is 2.79. The average Bonchev–Trinajstić information content (AvgIpc) is 3.13. The number of hydrogen-bond acceptors (Lipinski definition) is 5. The van der Waals surface area contributed by atoms with Crippen LogP contribution in [0.25, 0.3) is 0 Å². The highest BCUT2D eigenvalue weighted by Crippen LogP contribution is 2.34. The molecule has 0 spiro atoms. The number of hydrogen-bond donors (Lipinski definition) is 1. The van der Waals surface area contributed by atoms with E-state index in [-0.39, 0.29) is 12.0 Å². The molecule has 0 aromatic carbocycles. The first-order chi connectivity index (χ1) is 13.5. The lowest BCUT2D eigenvalue weighted by Crippen LogP contribution is -2.45. The van der Waals surface area contributed by atoms with Gasteiger partial charge in [-0.05, 0) is 25.3 Å². The summed E-state index contributed by atoms with van der Waals surface area (Å²) in [6.45, 7) is 6.18. The summed E-state index contributed by atoms with van der Waals surface area (Å²) >= 11 is 6.17. The third-order valence-corrected chi connectivity index (χ3v) is 6.11. The van der Waals surface area contributed by atoms with Crippen molar-refractivity contribution in [1.82, 2.24) is 19.7 Å². The van der Waals surface area contributed by atoms with Gasteiger partial charge in [0, 0.05) is 51.2 Å². The lowest BCUT2D eigenvalue weighted by Gasteiger charge is -2.39. The van der Waals surface area contributed by atoms with E-state index in [1.54, 1.807) is 6.20 Å². The fraction of sp³-hybridized carbons (Fsp3) is 0.524. The van der Waals surface area contributed by atoms with Crippen molar-refractivity contribution in [3.63, 3.8) is 0 Å². The molecule has 2 aliphatic heterocycles. The van der Waals surface area contributed by atoms with E-state index in [4.69, 9.17) is 11.6 Å². The number of likely N-dealkylation sites (N-methyl/N-ethyl adjacent to an activating group) is 1. The summed E-state index contributed by atoms with van der Waals surface area (Å²) < 4.78 is 2.01. The number of pyridine rings is 1. The minimum Gasteiger partial charge on any atom is -0.396 e. The number of anilines is 1. The first-order valence-corrected chi connectivity index (χ1v) is 10.1. The summed E-state index contributed by atoms with van der Waals surface area (Å²) in [7, 11) is 2.11. The molecule has 148 valence electrons. The number of likely N-dealkylation sites (tertiary alicyclic amines) is 1. The molecule has 2 saturated heterocycles. The number of nitrogens with zero attached hydrogens (tertiary/aromatic N) is 5. The summed E-state index contributed by atoms with van der Waals surface area (Å²) in [4.78, 5) is 8.79. The van der Waals surface area contributed by atoms with Crippen LogP contribution in [0, 0.1) is 17.3 Å². The molecule has 0 bridgehead atoms. The first kappa shape index (κ1) is 19.3. The minimum atomic E-state index is 0.00332. The Morgan fingerprint density at radius 3 is 2.68 bits per heavy atom. The molecule has 0 atom stereocenters. The Bertz CT molecular complexity index is 901. The Morgan fingerprint density at radius 2 is 2.00 bits per heavy atom. The van der Waals surface area contributed by atoms with Crippen molar-refractivity contribution in [1.29, 1.82) is 0 Å². The molecule has 2 aromatic heterocycles. The number of piperidine rings is 1. The number of rotatable bonds is 3. The largest absolute Gasteiger partial charge is 0.396 e. The fourth-order valence-electron chi connectivity index (χ4n) is 3.80. The third kappa shape index (κ3) is 4.02. The van der Waals surface area contributed by atoms with Crippen LogP contribution < -0.4 is 4.90 Å². The molecular weight excluding hydrogens is 374 g/mol. The SMILES string of the molecule is CN1CC(n2cc(C#Cc3cnc(Cl)cc3N3CCC(C)(CO)CC3)cn2)C1. The maximum absolute atomic E-state index is 9.61. The van der Waals surface area contributed by atoms with Gasteiger partial charge in [0.15, 0.2) is 0 Å². The molecule has 4 rings (SSSR count). The van der Waals surface area contributed by atoms with Crippen LogP contribution in [0.1, 0.15) is 36.9 Å². The highest BCUT2D eigenvalue weighted by atomic mass is 35.5. The van der Waals surface area contributed by atoms with Crippen molar-refractivity contribution in [2.75, 3.05) is 44.7 Å². The van der Waals surface area contributed by atoms with E-state index in [1.165, 1.54) is 0 Å². The second-order valence-electron chi connectivity index (χ2n) is 8.31. The molecule has 2 fully saturated rings.